The number of piperidine rings is 1. The van der Waals surface area contributed by atoms with E-state index in [0.29, 0.717) is 50.4 Å². The van der Waals surface area contributed by atoms with Crippen LogP contribution in [0, 0.1) is 5.92 Å². The van der Waals surface area contributed by atoms with Crippen molar-refractivity contribution in [3.8, 4) is 5.75 Å². The molecule has 1 aliphatic heterocycles. The summed E-state index contributed by atoms with van der Waals surface area (Å²) in [5.74, 6) is -0.490. The van der Waals surface area contributed by atoms with Crippen LogP contribution in [-0.2, 0) is 33.8 Å². The molecule has 4 rings (SSSR count). The SMILES string of the molecule is Nc1ccc(CC(=O)N2CCC(CC(=O)N[C@@H](Cc3ccc(OCc4ccccc4)cc3)C(=O)O)CC2)cc1. The second-order valence-corrected chi connectivity index (χ2v) is 10.0. The first-order valence-electron chi connectivity index (χ1n) is 13.3. The van der Waals surface area contributed by atoms with Crippen LogP contribution in [0.15, 0.2) is 78.9 Å². The quantitative estimate of drug-likeness (QED) is 0.325. The number of benzene rings is 3. The summed E-state index contributed by atoms with van der Waals surface area (Å²) in [5.41, 5.74) is 9.15. The minimum atomic E-state index is -1.07. The van der Waals surface area contributed by atoms with Gasteiger partial charge >= 0.3 is 5.97 Å². The number of carbonyl (C=O) groups is 3. The fraction of sp³-hybridized carbons (Fsp3) is 0.323. The summed E-state index contributed by atoms with van der Waals surface area (Å²) in [6, 6.07) is 23.4. The maximum atomic E-state index is 12.7. The number of hydrogen-bond donors (Lipinski definition) is 3. The summed E-state index contributed by atoms with van der Waals surface area (Å²) in [4.78, 5) is 39.0. The molecule has 1 fully saturated rings. The van der Waals surface area contributed by atoms with Crippen LogP contribution in [0.25, 0.3) is 0 Å². The van der Waals surface area contributed by atoms with Gasteiger partial charge in [-0.25, -0.2) is 4.79 Å². The van der Waals surface area contributed by atoms with Gasteiger partial charge in [-0.2, -0.15) is 0 Å². The lowest BCUT2D eigenvalue weighted by Crippen LogP contribution is -2.44. The molecule has 0 bridgehead atoms. The van der Waals surface area contributed by atoms with Gasteiger partial charge in [0.2, 0.25) is 11.8 Å². The van der Waals surface area contributed by atoms with Gasteiger partial charge in [-0.1, -0.05) is 54.6 Å². The fourth-order valence-corrected chi connectivity index (χ4v) is 4.72. The summed E-state index contributed by atoms with van der Waals surface area (Å²) in [5, 5.41) is 12.4. The zero-order valence-corrected chi connectivity index (χ0v) is 21.9. The third-order valence-corrected chi connectivity index (χ3v) is 7.02. The Bertz CT molecular complexity index is 1240. The number of nitrogens with zero attached hydrogens (tertiary/aromatic N) is 1. The number of amides is 2. The molecule has 2 amide bonds. The zero-order chi connectivity index (χ0) is 27.6. The minimum Gasteiger partial charge on any atom is -0.489 e. The molecule has 3 aromatic rings. The van der Waals surface area contributed by atoms with Crippen LogP contribution in [0.3, 0.4) is 0 Å². The first-order valence-corrected chi connectivity index (χ1v) is 13.3. The molecule has 1 saturated heterocycles. The predicted octanol–water partition coefficient (Wildman–Crippen LogP) is 3.83. The van der Waals surface area contributed by atoms with Crippen LogP contribution < -0.4 is 15.8 Å². The number of carbonyl (C=O) groups excluding carboxylic acids is 2. The van der Waals surface area contributed by atoms with Gasteiger partial charge in [-0.3, -0.25) is 9.59 Å². The number of aliphatic carboxylic acids is 1. The maximum Gasteiger partial charge on any atom is 0.326 e. The predicted molar refractivity (Wildman–Crippen MR) is 149 cm³/mol. The van der Waals surface area contributed by atoms with E-state index < -0.39 is 12.0 Å². The van der Waals surface area contributed by atoms with Gasteiger partial charge in [-0.15, -0.1) is 0 Å². The second kappa shape index (κ2) is 13.5. The van der Waals surface area contributed by atoms with E-state index in [0.717, 1.165) is 16.7 Å². The Morgan fingerprint density at radius 2 is 1.54 bits per heavy atom. The molecule has 8 heteroatoms. The Morgan fingerprint density at radius 3 is 2.18 bits per heavy atom. The average Bonchev–Trinajstić information content (AvgIpc) is 2.94. The van der Waals surface area contributed by atoms with E-state index in [1.165, 1.54) is 0 Å². The van der Waals surface area contributed by atoms with E-state index in [1.807, 2.05) is 59.5 Å². The zero-order valence-electron chi connectivity index (χ0n) is 21.9. The highest BCUT2D eigenvalue weighted by Crippen LogP contribution is 2.22. The van der Waals surface area contributed by atoms with Crippen LogP contribution in [0.2, 0.25) is 0 Å². The van der Waals surface area contributed by atoms with Gasteiger partial charge in [-0.05, 0) is 59.7 Å². The molecular formula is C31H35N3O5. The molecule has 1 atom stereocenters. The molecule has 0 spiro atoms. The lowest BCUT2D eigenvalue weighted by atomic mass is 9.92. The summed E-state index contributed by atoms with van der Waals surface area (Å²) in [6.45, 7) is 1.63. The van der Waals surface area contributed by atoms with Crippen molar-refractivity contribution in [2.45, 2.75) is 44.8 Å². The monoisotopic (exact) mass is 529 g/mol. The Balaban J connectivity index is 1.20. The molecule has 3 aromatic carbocycles. The van der Waals surface area contributed by atoms with E-state index in [-0.39, 0.29) is 30.6 Å². The number of ether oxygens (including phenoxy) is 1. The Morgan fingerprint density at radius 1 is 0.897 bits per heavy atom. The molecule has 0 aliphatic carbocycles. The Labute approximate surface area is 228 Å². The van der Waals surface area contributed by atoms with Crippen molar-refractivity contribution in [2.24, 2.45) is 5.92 Å². The van der Waals surface area contributed by atoms with E-state index in [1.54, 1.807) is 24.3 Å². The number of hydrogen-bond acceptors (Lipinski definition) is 5. The Hall–Kier alpha value is -4.33. The first-order chi connectivity index (χ1) is 18.9. The number of anilines is 1. The molecule has 4 N–H and O–H groups in total. The van der Waals surface area contributed by atoms with E-state index in [9.17, 15) is 19.5 Å². The lowest BCUT2D eigenvalue weighted by molar-refractivity contribution is -0.142. The molecule has 0 saturated carbocycles. The topological polar surface area (TPSA) is 122 Å². The molecular weight excluding hydrogens is 494 g/mol. The number of nitrogen functional groups attached to an aromatic ring is 1. The van der Waals surface area contributed by atoms with Crippen molar-refractivity contribution in [2.75, 3.05) is 18.8 Å². The highest BCUT2D eigenvalue weighted by atomic mass is 16.5. The second-order valence-electron chi connectivity index (χ2n) is 10.0. The number of carboxylic acids is 1. The van der Waals surface area contributed by atoms with Crippen LogP contribution in [0.5, 0.6) is 5.75 Å². The normalized spacial score (nSPS) is 14.4. The van der Waals surface area contributed by atoms with Gasteiger partial charge in [0.25, 0.3) is 0 Å². The highest BCUT2D eigenvalue weighted by molar-refractivity contribution is 5.84. The lowest BCUT2D eigenvalue weighted by Gasteiger charge is -2.32. The van der Waals surface area contributed by atoms with Crippen molar-refractivity contribution < 1.29 is 24.2 Å². The first kappa shape index (κ1) is 27.7. The van der Waals surface area contributed by atoms with E-state index in [2.05, 4.69) is 5.32 Å². The highest BCUT2D eigenvalue weighted by Gasteiger charge is 2.26. The largest absolute Gasteiger partial charge is 0.489 e. The van der Waals surface area contributed by atoms with Crippen LogP contribution in [-0.4, -0.2) is 46.9 Å². The van der Waals surface area contributed by atoms with Gasteiger partial charge in [0.1, 0.15) is 18.4 Å². The standard InChI is InChI=1S/C31H35N3O5/c32-26-10-6-23(7-11-26)20-30(36)34-16-14-24(15-17-34)19-29(35)33-28(31(37)38)18-22-8-12-27(13-9-22)39-21-25-4-2-1-3-5-25/h1-13,24,28H,14-21,32H2,(H,33,35)(H,37,38)/t28-/m0/s1. The third kappa shape index (κ3) is 8.60. The van der Waals surface area contributed by atoms with Gasteiger partial charge in [0, 0.05) is 31.6 Å². The van der Waals surface area contributed by atoms with E-state index in [4.69, 9.17) is 10.5 Å². The van der Waals surface area contributed by atoms with E-state index >= 15 is 0 Å². The van der Waals surface area contributed by atoms with Crippen LogP contribution in [0.1, 0.15) is 36.0 Å². The molecule has 0 unspecified atom stereocenters. The number of likely N-dealkylation sites (tertiary alicyclic amines) is 1. The number of nitrogens with one attached hydrogen (secondary N) is 1. The van der Waals surface area contributed by atoms with Crippen LogP contribution >= 0.6 is 0 Å². The van der Waals surface area contributed by atoms with Crippen molar-refractivity contribution in [1.82, 2.24) is 10.2 Å². The van der Waals surface area contributed by atoms with Crippen molar-refractivity contribution in [1.29, 1.82) is 0 Å². The summed E-state index contributed by atoms with van der Waals surface area (Å²) >= 11 is 0. The van der Waals surface area contributed by atoms with Crippen molar-refractivity contribution in [3.63, 3.8) is 0 Å². The fourth-order valence-electron chi connectivity index (χ4n) is 4.72. The molecule has 1 aliphatic rings. The molecule has 1 heterocycles. The third-order valence-electron chi connectivity index (χ3n) is 7.02. The minimum absolute atomic E-state index is 0.0603. The van der Waals surface area contributed by atoms with Gasteiger partial charge < -0.3 is 25.8 Å². The Kier molecular flexibility index (Phi) is 9.56. The summed E-state index contributed by atoms with van der Waals surface area (Å²) in [7, 11) is 0. The number of carboxylic acid groups (broad SMARTS) is 1. The molecule has 39 heavy (non-hydrogen) atoms. The maximum absolute atomic E-state index is 12.7. The van der Waals surface area contributed by atoms with Crippen molar-refractivity contribution in [3.05, 3.63) is 95.6 Å². The molecule has 0 radical (unpaired) electrons. The van der Waals surface area contributed by atoms with Crippen LogP contribution in [0.4, 0.5) is 5.69 Å². The summed E-state index contributed by atoms with van der Waals surface area (Å²) in [6.07, 6.45) is 2.17. The number of nitrogens with two attached hydrogens (primary N) is 1. The van der Waals surface area contributed by atoms with Gasteiger partial charge in [0.05, 0.1) is 6.42 Å². The molecule has 0 aromatic heterocycles. The molecule has 8 nitrogen and oxygen atoms in total. The molecule has 204 valence electrons. The smallest absolute Gasteiger partial charge is 0.326 e. The van der Waals surface area contributed by atoms with Crippen molar-refractivity contribution >= 4 is 23.5 Å². The van der Waals surface area contributed by atoms with Gasteiger partial charge in [0.15, 0.2) is 0 Å². The summed E-state index contributed by atoms with van der Waals surface area (Å²) < 4.78 is 5.79. The number of rotatable bonds is 11. The average molecular weight is 530 g/mol.